The van der Waals surface area contributed by atoms with Crippen LogP contribution in [0, 0.1) is 0 Å². The van der Waals surface area contributed by atoms with E-state index in [2.05, 4.69) is 48.3 Å². The predicted octanol–water partition coefficient (Wildman–Crippen LogP) is 3.58. The average Bonchev–Trinajstić information content (AvgIpc) is 2.52. The minimum absolute atomic E-state index is 0.550. The van der Waals surface area contributed by atoms with Gasteiger partial charge in [-0.1, -0.05) is 55.1 Å². The molecule has 2 aromatic carbocycles. The second-order valence-electron chi connectivity index (χ2n) is 4.66. The van der Waals surface area contributed by atoms with Crippen molar-refractivity contribution >= 4 is 0 Å². The molecule has 0 saturated heterocycles. The molecule has 2 heteroatoms. The van der Waals surface area contributed by atoms with Crippen LogP contribution in [-0.4, -0.2) is 13.2 Å². The van der Waals surface area contributed by atoms with Crippen molar-refractivity contribution in [2.45, 2.75) is 13.0 Å². The molecule has 0 bridgehead atoms. The summed E-state index contributed by atoms with van der Waals surface area (Å²) in [4.78, 5) is 0. The summed E-state index contributed by atoms with van der Waals surface area (Å²) in [5.41, 5.74) is 2.64. The molecule has 2 aromatic rings. The number of ether oxygens (including phenoxy) is 1. The number of hydrogen-bond donors (Lipinski definition) is 1. The summed E-state index contributed by atoms with van der Waals surface area (Å²) >= 11 is 0. The lowest BCUT2D eigenvalue weighted by atomic mass is 10.1. The van der Waals surface area contributed by atoms with E-state index in [1.165, 1.54) is 11.1 Å². The molecule has 0 amide bonds. The lowest BCUT2D eigenvalue weighted by Crippen LogP contribution is -2.16. The minimum Gasteiger partial charge on any atom is -0.490 e. The first-order valence-corrected chi connectivity index (χ1v) is 6.96. The molecule has 0 heterocycles. The van der Waals surface area contributed by atoms with Gasteiger partial charge in [0.05, 0.1) is 0 Å². The van der Waals surface area contributed by atoms with Gasteiger partial charge in [0, 0.05) is 6.54 Å². The fourth-order valence-electron chi connectivity index (χ4n) is 1.97. The van der Waals surface area contributed by atoms with E-state index in [0.29, 0.717) is 6.61 Å². The van der Waals surface area contributed by atoms with Crippen LogP contribution in [-0.2, 0) is 13.0 Å². The fourth-order valence-corrected chi connectivity index (χ4v) is 1.97. The van der Waals surface area contributed by atoms with Crippen molar-refractivity contribution in [1.82, 2.24) is 5.32 Å². The van der Waals surface area contributed by atoms with Gasteiger partial charge in [0.25, 0.3) is 0 Å². The quantitative estimate of drug-likeness (QED) is 0.583. The number of nitrogens with one attached hydrogen (secondary N) is 1. The Labute approximate surface area is 121 Å². The van der Waals surface area contributed by atoms with Crippen LogP contribution in [0.3, 0.4) is 0 Å². The SMILES string of the molecule is C=CCOc1ccc(CNCCc2ccccc2)cc1. The molecule has 0 unspecified atom stereocenters. The summed E-state index contributed by atoms with van der Waals surface area (Å²) in [6.07, 6.45) is 2.81. The largest absolute Gasteiger partial charge is 0.490 e. The van der Waals surface area contributed by atoms with Gasteiger partial charge < -0.3 is 10.1 Å². The lowest BCUT2D eigenvalue weighted by Gasteiger charge is -2.07. The third kappa shape index (κ3) is 4.90. The molecule has 0 fully saturated rings. The van der Waals surface area contributed by atoms with E-state index in [1.807, 2.05) is 18.2 Å². The standard InChI is InChI=1S/C18H21NO/c1-2-14-20-18-10-8-17(9-11-18)15-19-13-12-16-6-4-3-5-7-16/h2-11,19H,1,12-15H2. The highest BCUT2D eigenvalue weighted by Crippen LogP contribution is 2.12. The zero-order valence-corrected chi connectivity index (χ0v) is 11.7. The van der Waals surface area contributed by atoms with Gasteiger partial charge in [-0.15, -0.1) is 0 Å². The molecule has 0 aliphatic carbocycles. The molecule has 0 atom stereocenters. The predicted molar refractivity (Wildman–Crippen MR) is 84.0 cm³/mol. The Morgan fingerprint density at radius 1 is 0.950 bits per heavy atom. The molecule has 0 aliphatic heterocycles. The van der Waals surface area contributed by atoms with Crippen LogP contribution in [0.1, 0.15) is 11.1 Å². The first-order chi connectivity index (χ1) is 9.88. The van der Waals surface area contributed by atoms with E-state index >= 15 is 0 Å². The zero-order valence-electron chi connectivity index (χ0n) is 11.7. The summed E-state index contributed by atoms with van der Waals surface area (Å²) in [5, 5.41) is 3.46. The van der Waals surface area contributed by atoms with E-state index in [-0.39, 0.29) is 0 Å². The van der Waals surface area contributed by atoms with Gasteiger partial charge in [-0.2, -0.15) is 0 Å². The first kappa shape index (κ1) is 14.4. The van der Waals surface area contributed by atoms with Crippen molar-refractivity contribution in [1.29, 1.82) is 0 Å². The van der Waals surface area contributed by atoms with E-state index in [4.69, 9.17) is 4.74 Å². The highest BCUT2D eigenvalue weighted by atomic mass is 16.5. The van der Waals surface area contributed by atoms with Crippen molar-refractivity contribution in [2.75, 3.05) is 13.2 Å². The average molecular weight is 267 g/mol. The molecule has 20 heavy (non-hydrogen) atoms. The molecule has 2 nitrogen and oxygen atoms in total. The first-order valence-electron chi connectivity index (χ1n) is 6.96. The van der Waals surface area contributed by atoms with Crippen molar-refractivity contribution in [3.05, 3.63) is 78.4 Å². The van der Waals surface area contributed by atoms with Gasteiger partial charge in [-0.05, 0) is 36.2 Å². The summed E-state index contributed by atoms with van der Waals surface area (Å²) < 4.78 is 5.46. The molecule has 104 valence electrons. The summed E-state index contributed by atoms with van der Waals surface area (Å²) in [6, 6.07) is 18.7. The van der Waals surface area contributed by atoms with Gasteiger partial charge in [0.1, 0.15) is 12.4 Å². The monoisotopic (exact) mass is 267 g/mol. The van der Waals surface area contributed by atoms with E-state index in [0.717, 1.165) is 25.3 Å². The summed E-state index contributed by atoms with van der Waals surface area (Å²) in [7, 11) is 0. The highest BCUT2D eigenvalue weighted by molar-refractivity contribution is 5.27. The number of rotatable bonds is 8. The van der Waals surface area contributed by atoms with Crippen molar-refractivity contribution in [2.24, 2.45) is 0 Å². The summed E-state index contributed by atoms with van der Waals surface area (Å²) in [5.74, 6) is 0.887. The molecule has 0 spiro atoms. The maximum Gasteiger partial charge on any atom is 0.119 e. The molecule has 1 N–H and O–H groups in total. The molecule has 0 aromatic heterocycles. The Kier molecular flexibility index (Phi) is 5.87. The summed E-state index contributed by atoms with van der Waals surface area (Å²) in [6.45, 7) is 6.05. The third-order valence-corrected chi connectivity index (χ3v) is 3.05. The fraction of sp³-hybridized carbons (Fsp3) is 0.222. The van der Waals surface area contributed by atoms with Gasteiger partial charge in [0.15, 0.2) is 0 Å². The third-order valence-electron chi connectivity index (χ3n) is 3.05. The van der Waals surface area contributed by atoms with Gasteiger partial charge in [0.2, 0.25) is 0 Å². The molecule has 0 radical (unpaired) electrons. The Morgan fingerprint density at radius 2 is 1.70 bits per heavy atom. The van der Waals surface area contributed by atoms with Gasteiger partial charge >= 0.3 is 0 Å². The van der Waals surface area contributed by atoms with Crippen LogP contribution in [0.15, 0.2) is 67.3 Å². The molecular formula is C18H21NO. The Bertz CT molecular complexity index is 505. The van der Waals surface area contributed by atoms with Crippen LogP contribution in [0.5, 0.6) is 5.75 Å². The molecule has 2 rings (SSSR count). The van der Waals surface area contributed by atoms with E-state index in [1.54, 1.807) is 6.08 Å². The van der Waals surface area contributed by atoms with E-state index in [9.17, 15) is 0 Å². The van der Waals surface area contributed by atoms with Gasteiger partial charge in [-0.25, -0.2) is 0 Å². The van der Waals surface area contributed by atoms with Crippen LogP contribution in [0.25, 0.3) is 0 Å². The van der Waals surface area contributed by atoms with Crippen molar-refractivity contribution in [3.63, 3.8) is 0 Å². The Morgan fingerprint density at radius 3 is 2.40 bits per heavy atom. The maximum absolute atomic E-state index is 5.46. The van der Waals surface area contributed by atoms with Crippen LogP contribution in [0.2, 0.25) is 0 Å². The highest BCUT2D eigenvalue weighted by Gasteiger charge is 1.96. The zero-order chi connectivity index (χ0) is 14.0. The second kappa shape index (κ2) is 8.18. The minimum atomic E-state index is 0.550. The van der Waals surface area contributed by atoms with Crippen LogP contribution >= 0.6 is 0 Å². The topological polar surface area (TPSA) is 21.3 Å². The second-order valence-corrected chi connectivity index (χ2v) is 4.66. The molecule has 0 aliphatic rings. The number of benzene rings is 2. The van der Waals surface area contributed by atoms with Crippen molar-refractivity contribution in [3.8, 4) is 5.75 Å². The Balaban J connectivity index is 1.70. The molecule has 0 saturated carbocycles. The number of hydrogen-bond acceptors (Lipinski definition) is 2. The lowest BCUT2D eigenvalue weighted by molar-refractivity contribution is 0.363. The Hall–Kier alpha value is -2.06. The van der Waals surface area contributed by atoms with Crippen LogP contribution in [0.4, 0.5) is 0 Å². The normalized spacial score (nSPS) is 10.2. The van der Waals surface area contributed by atoms with Gasteiger partial charge in [-0.3, -0.25) is 0 Å². The van der Waals surface area contributed by atoms with Crippen LogP contribution < -0.4 is 10.1 Å². The maximum atomic E-state index is 5.46. The van der Waals surface area contributed by atoms with E-state index < -0.39 is 0 Å². The smallest absolute Gasteiger partial charge is 0.119 e. The van der Waals surface area contributed by atoms with Crippen molar-refractivity contribution < 1.29 is 4.74 Å². The molecular weight excluding hydrogens is 246 g/mol.